The average Bonchev–Trinajstić information content (AvgIpc) is 2.37. The van der Waals surface area contributed by atoms with Gasteiger partial charge < -0.3 is 20.1 Å². The minimum absolute atomic E-state index is 0.214. The standard InChI is InChI=1S/C14H27N3O4/c1-11(16-13(19)21-14(2,3)4)12(18)15-5-6-17-7-9-20-10-8-17/h11H,5-10H2,1-4H3,(H,15,18)(H,16,19)/t11-/m1/s1. The van der Waals surface area contributed by atoms with Crippen LogP contribution in [0.15, 0.2) is 0 Å². The van der Waals surface area contributed by atoms with Crippen molar-refractivity contribution in [1.29, 1.82) is 0 Å². The minimum atomic E-state index is -0.621. The van der Waals surface area contributed by atoms with Crippen LogP contribution < -0.4 is 10.6 Å². The fourth-order valence-corrected chi connectivity index (χ4v) is 1.86. The number of carbonyl (C=O) groups excluding carboxylic acids is 2. The highest BCUT2D eigenvalue weighted by molar-refractivity contribution is 5.85. The number of hydrogen-bond donors (Lipinski definition) is 2. The first-order chi connectivity index (χ1) is 9.78. The number of alkyl carbamates (subject to hydrolysis) is 1. The van der Waals surface area contributed by atoms with Crippen molar-refractivity contribution in [2.24, 2.45) is 0 Å². The smallest absolute Gasteiger partial charge is 0.408 e. The van der Waals surface area contributed by atoms with Gasteiger partial charge in [0.1, 0.15) is 11.6 Å². The number of carbonyl (C=O) groups is 2. The molecular formula is C14H27N3O4. The van der Waals surface area contributed by atoms with Gasteiger partial charge in [-0.25, -0.2) is 4.79 Å². The Labute approximate surface area is 126 Å². The van der Waals surface area contributed by atoms with E-state index in [1.54, 1.807) is 27.7 Å². The van der Waals surface area contributed by atoms with Crippen LogP contribution in [0, 0.1) is 0 Å². The maximum Gasteiger partial charge on any atom is 0.408 e. The van der Waals surface area contributed by atoms with Crippen LogP contribution >= 0.6 is 0 Å². The molecule has 1 fully saturated rings. The van der Waals surface area contributed by atoms with E-state index in [-0.39, 0.29) is 5.91 Å². The topological polar surface area (TPSA) is 79.9 Å². The van der Waals surface area contributed by atoms with Crippen molar-refractivity contribution < 1.29 is 19.1 Å². The lowest BCUT2D eigenvalue weighted by atomic mass is 10.2. The summed E-state index contributed by atoms with van der Waals surface area (Å²) in [6, 6.07) is -0.621. The van der Waals surface area contributed by atoms with Gasteiger partial charge in [0.05, 0.1) is 13.2 Å². The van der Waals surface area contributed by atoms with E-state index in [1.165, 1.54) is 0 Å². The molecule has 1 heterocycles. The van der Waals surface area contributed by atoms with Gasteiger partial charge in [-0.1, -0.05) is 0 Å². The van der Waals surface area contributed by atoms with Crippen LogP contribution in [0.3, 0.4) is 0 Å². The fraction of sp³-hybridized carbons (Fsp3) is 0.857. The van der Waals surface area contributed by atoms with Crippen LogP contribution in [-0.4, -0.2) is 67.9 Å². The zero-order valence-corrected chi connectivity index (χ0v) is 13.4. The molecule has 0 aromatic rings. The van der Waals surface area contributed by atoms with Crippen molar-refractivity contribution in [2.45, 2.75) is 39.3 Å². The molecule has 122 valence electrons. The molecule has 0 aromatic carbocycles. The number of hydrogen-bond acceptors (Lipinski definition) is 5. The molecule has 1 saturated heterocycles. The van der Waals surface area contributed by atoms with E-state index in [0.29, 0.717) is 6.54 Å². The Morgan fingerprint density at radius 3 is 2.48 bits per heavy atom. The van der Waals surface area contributed by atoms with Crippen LogP contribution in [0.5, 0.6) is 0 Å². The Bertz CT molecular complexity index is 349. The van der Waals surface area contributed by atoms with Crippen LogP contribution in [0.2, 0.25) is 0 Å². The molecule has 7 heteroatoms. The maximum atomic E-state index is 11.9. The van der Waals surface area contributed by atoms with Gasteiger partial charge in [0.25, 0.3) is 0 Å². The molecule has 1 aliphatic heterocycles. The molecule has 0 bridgehead atoms. The Hall–Kier alpha value is -1.34. The molecule has 0 saturated carbocycles. The summed E-state index contributed by atoms with van der Waals surface area (Å²) in [7, 11) is 0. The number of nitrogens with one attached hydrogen (secondary N) is 2. The summed E-state index contributed by atoms with van der Waals surface area (Å²) in [5.74, 6) is -0.214. The molecular weight excluding hydrogens is 274 g/mol. The van der Waals surface area contributed by atoms with E-state index in [2.05, 4.69) is 15.5 Å². The lowest BCUT2D eigenvalue weighted by Gasteiger charge is -2.26. The second-order valence-electron chi connectivity index (χ2n) is 6.11. The van der Waals surface area contributed by atoms with Crippen molar-refractivity contribution in [3.63, 3.8) is 0 Å². The fourth-order valence-electron chi connectivity index (χ4n) is 1.86. The van der Waals surface area contributed by atoms with Gasteiger partial charge in [0, 0.05) is 26.2 Å². The van der Waals surface area contributed by atoms with Crippen molar-refractivity contribution in [2.75, 3.05) is 39.4 Å². The summed E-state index contributed by atoms with van der Waals surface area (Å²) in [5, 5.41) is 5.32. The van der Waals surface area contributed by atoms with Crippen LogP contribution in [0.1, 0.15) is 27.7 Å². The van der Waals surface area contributed by atoms with Crippen molar-refractivity contribution in [3.8, 4) is 0 Å². The van der Waals surface area contributed by atoms with E-state index < -0.39 is 17.7 Å². The van der Waals surface area contributed by atoms with Gasteiger partial charge in [-0.15, -0.1) is 0 Å². The molecule has 21 heavy (non-hydrogen) atoms. The van der Waals surface area contributed by atoms with E-state index >= 15 is 0 Å². The van der Waals surface area contributed by atoms with E-state index in [0.717, 1.165) is 32.8 Å². The largest absolute Gasteiger partial charge is 0.444 e. The second kappa shape index (κ2) is 8.19. The number of rotatable bonds is 5. The highest BCUT2D eigenvalue weighted by atomic mass is 16.6. The number of amides is 2. The molecule has 2 amide bonds. The molecule has 0 spiro atoms. The molecule has 2 N–H and O–H groups in total. The summed E-state index contributed by atoms with van der Waals surface area (Å²) in [5.41, 5.74) is -0.573. The van der Waals surface area contributed by atoms with Gasteiger partial charge in [0.15, 0.2) is 0 Å². The Morgan fingerprint density at radius 2 is 1.90 bits per heavy atom. The van der Waals surface area contributed by atoms with E-state index in [9.17, 15) is 9.59 Å². The second-order valence-corrected chi connectivity index (χ2v) is 6.11. The first-order valence-electron chi connectivity index (χ1n) is 7.35. The monoisotopic (exact) mass is 301 g/mol. The van der Waals surface area contributed by atoms with Gasteiger partial charge in [-0.05, 0) is 27.7 Å². The molecule has 7 nitrogen and oxygen atoms in total. The van der Waals surface area contributed by atoms with E-state index in [4.69, 9.17) is 9.47 Å². The summed E-state index contributed by atoms with van der Waals surface area (Å²) in [6.45, 7) is 11.6. The third-order valence-corrected chi connectivity index (χ3v) is 2.96. The maximum absolute atomic E-state index is 11.9. The van der Waals surface area contributed by atoms with Crippen molar-refractivity contribution in [1.82, 2.24) is 15.5 Å². The molecule has 1 rings (SSSR count). The summed E-state index contributed by atoms with van der Waals surface area (Å²) >= 11 is 0. The zero-order valence-electron chi connectivity index (χ0n) is 13.4. The molecule has 0 aliphatic carbocycles. The summed E-state index contributed by atoms with van der Waals surface area (Å²) in [4.78, 5) is 25.7. The Balaban J connectivity index is 2.19. The van der Waals surface area contributed by atoms with Crippen LogP contribution in [0.25, 0.3) is 0 Å². The Morgan fingerprint density at radius 1 is 1.29 bits per heavy atom. The molecule has 0 aromatic heterocycles. The number of morpholine rings is 1. The average molecular weight is 301 g/mol. The number of nitrogens with zero attached hydrogens (tertiary/aromatic N) is 1. The Kier molecular flexibility index (Phi) is 6.91. The van der Waals surface area contributed by atoms with Gasteiger partial charge in [-0.2, -0.15) is 0 Å². The summed E-state index contributed by atoms with van der Waals surface area (Å²) < 4.78 is 10.4. The predicted molar refractivity (Wildman–Crippen MR) is 79.1 cm³/mol. The van der Waals surface area contributed by atoms with Gasteiger partial charge >= 0.3 is 6.09 Å². The lowest BCUT2D eigenvalue weighted by molar-refractivity contribution is -0.122. The minimum Gasteiger partial charge on any atom is -0.444 e. The van der Waals surface area contributed by atoms with Gasteiger partial charge in [-0.3, -0.25) is 9.69 Å². The molecule has 0 unspecified atom stereocenters. The zero-order chi connectivity index (χ0) is 15.9. The first kappa shape index (κ1) is 17.7. The van der Waals surface area contributed by atoms with Crippen LogP contribution in [0.4, 0.5) is 4.79 Å². The highest BCUT2D eigenvalue weighted by Gasteiger charge is 2.21. The van der Waals surface area contributed by atoms with Crippen molar-refractivity contribution >= 4 is 12.0 Å². The molecule has 1 aliphatic rings. The summed E-state index contributed by atoms with van der Waals surface area (Å²) in [6.07, 6.45) is -0.585. The van der Waals surface area contributed by atoms with Crippen molar-refractivity contribution in [3.05, 3.63) is 0 Å². The highest BCUT2D eigenvalue weighted by Crippen LogP contribution is 2.06. The first-order valence-corrected chi connectivity index (χ1v) is 7.35. The lowest BCUT2D eigenvalue weighted by Crippen LogP contribution is -2.48. The third-order valence-electron chi connectivity index (χ3n) is 2.96. The normalized spacial score (nSPS) is 17.9. The quantitative estimate of drug-likeness (QED) is 0.766. The predicted octanol–water partition coefficient (Wildman–Crippen LogP) is 0.348. The SMILES string of the molecule is C[C@@H](NC(=O)OC(C)(C)C)C(=O)NCCN1CCOCC1. The van der Waals surface area contributed by atoms with Crippen LogP contribution in [-0.2, 0) is 14.3 Å². The van der Waals surface area contributed by atoms with E-state index in [1.807, 2.05) is 0 Å². The number of ether oxygens (including phenoxy) is 2. The van der Waals surface area contributed by atoms with Gasteiger partial charge in [0.2, 0.25) is 5.91 Å². The third kappa shape index (κ3) is 7.87. The molecule has 0 radical (unpaired) electrons. The molecule has 1 atom stereocenters.